The van der Waals surface area contributed by atoms with Crippen molar-refractivity contribution in [3.63, 3.8) is 0 Å². The van der Waals surface area contributed by atoms with E-state index in [1.54, 1.807) is 54.6 Å². The molecule has 0 aliphatic carbocycles. The third-order valence-corrected chi connectivity index (χ3v) is 4.43. The van der Waals surface area contributed by atoms with Crippen molar-refractivity contribution in [2.24, 2.45) is 0 Å². The van der Waals surface area contributed by atoms with E-state index >= 15 is 0 Å². The predicted octanol–water partition coefficient (Wildman–Crippen LogP) is 4.23. The quantitative estimate of drug-likeness (QED) is 0.540. The molecular weight excluding hydrogens is 400 g/mol. The minimum atomic E-state index is -0.402. The van der Waals surface area contributed by atoms with Gasteiger partial charge in [-0.25, -0.2) is 0 Å². The van der Waals surface area contributed by atoms with E-state index in [0.29, 0.717) is 33.5 Å². The molecule has 0 aliphatic heterocycles. The number of hydrogen-bond donors (Lipinski definition) is 3. The van der Waals surface area contributed by atoms with Crippen LogP contribution in [0, 0.1) is 0 Å². The average Bonchev–Trinajstić information content (AvgIpc) is 3.18. The van der Waals surface area contributed by atoms with Crippen molar-refractivity contribution < 1.29 is 19.1 Å². The average molecular weight is 417 g/mol. The Balaban J connectivity index is 1.74. The van der Waals surface area contributed by atoms with Gasteiger partial charge in [0.1, 0.15) is 23.9 Å². The predicted molar refractivity (Wildman–Crippen MR) is 112 cm³/mol. The number of halogens is 1. The maximum atomic E-state index is 12.4. The fraction of sp³-hybridized carbons (Fsp3) is 0.100. The second kappa shape index (κ2) is 8.88. The first-order chi connectivity index (χ1) is 13.5. The molecule has 0 spiro atoms. The van der Waals surface area contributed by atoms with Crippen LogP contribution in [0.3, 0.4) is 0 Å². The molecule has 1 aromatic heterocycles. The normalized spacial score (nSPS) is 10.4. The van der Waals surface area contributed by atoms with Crippen molar-refractivity contribution >= 4 is 40.5 Å². The molecule has 0 radical (unpaired) electrons. The lowest BCUT2D eigenvalue weighted by Crippen LogP contribution is -2.34. The maximum Gasteiger partial charge on any atom is 0.261 e. The van der Waals surface area contributed by atoms with Crippen molar-refractivity contribution in [2.45, 2.75) is 6.61 Å². The molecule has 6 nitrogen and oxygen atoms in total. The van der Waals surface area contributed by atoms with Crippen molar-refractivity contribution in [1.29, 1.82) is 0 Å². The zero-order chi connectivity index (χ0) is 20.1. The molecule has 28 heavy (non-hydrogen) atoms. The third-order valence-electron chi connectivity index (χ3n) is 3.90. The molecule has 0 unspecified atom stereocenters. The zero-order valence-electron chi connectivity index (χ0n) is 14.9. The zero-order valence-corrected chi connectivity index (χ0v) is 16.4. The Bertz CT molecular complexity index is 1020. The molecule has 0 bridgehead atoms. The molecule has 0 aliphatic rings. The van der Waals surface area contributed by atoms with Crippen LogP contribution in [-0.4, -0.2) is 23.2 Å². The Morgan fingerprint density at radius 2 is 2.00 bits per heavy atom. The largest absolute Gasteiger partial charge is 0.496 e. The van der Waals surface area contributed by atoms with Crippen LogP contribution in [-0.2, 0) is 6.61 Å². The van der Waals surface area contributed by atoms with Crippen molar-refractivity contribution in [3.05, 3.63) is 70.9 Å². The summed E-state index contributed by atoms with van der Waals surface area (Å²) in [4.78, 5) is 12.4. The molecule has 0 fully saturated rings. The molecule has 3 aromatic rings. The fourth-order valence-corrected chi connectivity index (χ4v) is 2.92. The number of hydrogen-bond acceptors (Lipinski definition) is 5. The van der Waals surface area contributed by atoms with Gasteiger partial charge in [-0.05, 0) is 54.7 Å². The summed E-state index contributed by atoms with van der Waals surface area (Å²) in [6.45, 7) is -0.183. The van der Waals surface area contributed by atoms with Crippen molar-refractivity contribution in [2.75, 3.05) is 12.4 Å². The highest BCUT2D eigenvalue weighted by molar-refractivity contribution is 7.80. The van der Waals surface area contributed by atoms with E-state index in [9.17, 15) is 4.79 Å². The van der Waals surface area contributed by atoms with Crippen LogP contribution in [0.1, 0.15) is 16.1 Å². The summed E-state index contributed by atoms with van der Waals surface area (Å²) in [5, 5.41) is 15.2. The van der Waals surface area contributed by atoms with Crippen molar-refractivity contribution in [3.8, 4) is 17.1 Å². The topological polar surface area (TPSA) is 83.7 Å². The highest BCUT2D eigenvalue weighted by Crippen LogP contribution is 2.30. The number of aliphatic hydroxyl groups is 1. The van der Waals surface area contributed by atoms with Gasteiger partial charge in [0.2, 0.25) is 0 Å². The second-order valence-electron chi connectivity index (χ2n) is 5.73. The van der Waals surface area contributed by atoms with Gasteiger partial charge in [0.15, 0.2) is 5.11 Å². The minimum absolute atomic E-state index is 0.0884. The molecule has 1 amide bonds. The first kappa shape index (κ1) is 19.9. The lowest BCUT2D eigenvalue weighted by molar-refractivity contribution is 0.0975. The lowest BCUT2D eigenvalue weighted by atomic mass is 10.1. The number of rotatable bonds is 5. The first-order valence-corrected chi connectivity index (χ1v) is 9.05. The van der Waals surface area contributed by atoms with E-state index in [1.165, 1.54) is 7.11 Å². The van der Waals surface area contributed by atoms with Gasteiger partial charge in [0.25, 0.3) is 5.91 Å². The highest BCUT2D eigenvalue weighted by Gasteiger charge is 2.14. The fourth-order valence-electron chi connectivity index (χ4n) is 2.55. The highest BCUT2D eigenvalue weighted by atomic mass is 35.5. The van der Waals surface area contributed by atoms with Gasteiger partial charge in [-0.1, -0.05) is 23.7 Å². The molecule has 8 heteroatoms. The van der Waals surface area contributed by atoms with E-state index in [2.05, 4.69) is 10.6 Å². The summed E-state index contributed by atoms with van der Waals surface area (Å²) >= 11 is 11.5. The summed E-state index contributed by atoms with van der Waals surface area (Å²) in [7, 11) is 1.49. The number of amides is 1. The monoisotopic (exact) mass is 416 g/mol. The number of methoxy groups -OCH3 is 1. The maximum absolute atomic E-state index is 12.4. The summed E-state index contributed by atoms with van der Waals surface area (Å²) in [6.07, 6.45) is 0. The van der Waals surface area contributed by atoms with Crippen LogP contribution in [0.5, 0.6) is 5.75 Å². The number of aliphatic hydroxyl groups excluding tert-OH is 1. The number of thiocarbonyl (C=S) groups is 1. The molecule has 1 heterocycles. The SMILES string of the molecule is COc1ccccc1C(=O)NC(=S)Nc1cc(-c2ccc(CO)o2)ccc1Cl. The van der Waals surface area contributed by atoms with Gasteiger partial charge < -0.3 is 19.6 Å². The summed E-state index contributed by atoms with van der Waals surface area (Å²) in [5.41, 5.74) is 1.61. The van der Waals surface area contributed by atoms with Crippen LogP contribution in [0.15, 0.2) is 59.0 Å². The molecule has 0 atom stereocenters. The van der Waals surface area contributed by atoms with Gasteiger partial charge in [0, 0.05) is 5.56 Å². The van der Waals surface area contributed by atoms with E-state index in [4.69, 9.17) is 38.1 Å². The number of para-hydroxylation sites is 1. The summed E-state index contributed by atoms with van der Waals surface area (Å²) in [5.74, 6) is 1.08. The van der Waals surface area contributed by atoms with Crippen LogP contribution >= 0.6 is 23.8 Å². The standard InChI is InChI=1S/C20H17ClN2O4S/c1-26-18-5-3-2-4-14(18)19(25)23-20(28)22-16-10-12(6-8-15(16)21)17-9-7-13(11-24)27-17/h2-10,24H,11H2,1H3,(H2,22,23,25,28). The second-order valence-corrected chi connectivity index (χ2v) is 6.54. The molecule has 0 saturated heterocycles. The number of furan rings is 1. The number of anilines is 1. The number of benzene rings is 2. The van der Waals surface area contributed by atoms with Gasteiger partial charge in [-0.15, -0.1) is 0 Å². The number of nitrogens with one attached hydrogen (secondary N) is 2. The number of carbonyl (C=O) groups is 1. The van der Waals surface area contributed by atoms with Crippen LogP contribution in [0.2, 0.25) is 5.02 Å². The molecule has 0 saturated carbocycles. The van der Waals surface area contributed by atoms with Gasteiger partial charge in [-0.3, -0.25) is 10.1 Å². The van der Waals surface area contributed by atoms with Gasteiger partial charge in [0.05, 0.1) is 23.4 Å². The molecule has 3 N–H and O–H groups in total. The van der Waals surface area contributed by atoms with E-state index in [1.807, 2.05) is 0 Å². The van der Waals surface area contributed by atoms with Gasteiger partial charge in [-0.2, -0.15) is 0 Å². The lowest BCUT2D eigenvalue weighted by Gasteiger charge is -2.13. The minimum Gasteiger partial charge on any atom is -0.496 e. The Kier molecular flexibility index (Phi) is 6.30. The van der Waals surface area contributed by atoms with Crippen LogP contribution in [0.4, 0.5) is 5.69 Å². The van der Waals surface area contributed by atoms with E-state index < -0.39 is 5.91 Å². The Hall–Kier alpha value is -2.87. The van der Waals surface area contributed by atoms with Crippen LogP contribution in [0.25, 0.3) is 11.3 Å². The van der Waals surface area contributed by atoms with Crippen LogP contribution < -0.4 is 15.4 Å². The van der Waals surface area contributed by atoms with E-state index in [-0.39, 0.29) is 11.7 Å². The Morgan fingerprint density at radius 3 is 2.71 bits per heavy atom. The van der Waals surface area contributed by atoms with E-state index in [0.717, 1.165) is 5.56 Å². The first-order valence-electron chi connectivity index (χ1n) is 8.26. The summed E-state index contributed by atoms with van der Waals surface area (Å²) < 4.78 is 10.7. The molecule has 144 valence electrons. The van der Waals surface area contributed by atoms with Crippen molar-refractivity contribution in [1.82, 2.24) is 5.32 Å². The Labute approximate surface area is 172 Å². The van der Waals surface area contributed by atoms with Gasteiger partial charge >= 0.3 is 0 Å². The molecule has 3 rings (SSSR count). The Morgan fingerprint density at radius 1 is 1.21 bits per heavy atom. The molecular formula is C20H17ClN2O4S. The molecule has 2 aromatic carbocycles. The number of carbonyl (C=O) groups excluding carboxylic acids is 1. The summed E-state index contributed by atoms with van der Waals surface area (Å²) in [6, 6.07) is 15.5. The smallest absolute Gasteiger partial charge is 0.261 e. The third kappa shape index (κ3) is 4.51. The number of ether oxygens (including phenoxy) is 1.